The van der Waals surface area contributed by atoms with Gasteiger partial charge in [-0.15, -0.1) is 0 Å². The summed E-state index contributed by atoms with van der Waals surface area (Å²) in [5.41, 5.74) is -2.49. The molecule has 3 aromatic rings. The first-order valence-corrected chi connectivity index (χ1v) is 8.03. The third kappa shape index (κ3) is 3.94. The predicted octanol–water partition coefficient (Wildman–Crippen LogP) is 7.01. The largest absolute Gasteiger partial charge is 0.457 e. The van der Waals surface area contributed by atoms with E-state index in [0.29, 0.717) is 12.2 Å². The maximum atomic E-state index is 13.6. The molecule has 31 heavy (non-hydrogen) atoms. The lowest BCUT2D eigenvalue weighted by Crippen LogP contribution is -2.03. The van der Waals surface area contributed by atoms with Crippen LogP contribution in [0.4, 0.5) is 43.9 Å². The third-order valence-electron chi connectivity index (χ3n) is 3.96. The van der Waals surface area contributed by atoms with Crippen molar-refractivity contribution >= 4 is 24.3 Å². The van der Waals surface area contributed by atoms with Crippen molar-refractivity contribution in [1.29, 1.82) is 0 Å². The summed E-state index contributed by atoms with van der Waals surface area (Å²) in [5, 5.41) is 0. The van der Waals surface area contributed by atoms with Gasteiger partial charge in [-0.05, 0) is 36.4 Å². The van der Waals surface area contributed by atoms with Gasteiger partial charge in [0.05, 0.1) is 11.1 Å². The highest BCUT2D eigenvalue weighted by Gasteiger charge is 2.25. The Morgan fingerprint density at radius 1 is 0.387 bits per heavy atom. The second-order valence-corrected chi connectivity index (χ2v) is 5.87. The van der Waals surface area contributed by atoms with Crippen molar-refractivity contribution in [3.63, 3.8) is 0 Å². The van der Waals surface area contributed by atoms with Crippen LogP contribution < -0.4 is 0 Å². The van der Waals surface area contributed by atoms with Crippen molar-refractivity contribution in [3.05, 3.63) is 93.0 Å². The number of hydrogen-bond acceptors (Lipinski definition) is 1. The molecular weight excluding hydrogens is 446 g/mol. The zero-order valence-corrected chi connectivity index (χ0v) is 14.7. The lowest BCUT2D eigenvalue weighted by molar-refractivity contribution is 0.377. The normalized spacial score (nSPS) is 11.9. The molecule has 0 aliphatic rings. The second kappa shape index (κ2) is 8.32. The average molecular weight is 452 g/mol. The van der Waals surface area contributed by atoms with Crippen LogP contribution in [0.1, 0.15) is 22.6 Å². The molecule has 11 heteroatoms. The summed E-state index contributed by atoms with van der Waals surface area (Å²) >= 11 is 0. The molecule has 3 rings (SSSR count). The molecule has 162 valence electrons. The van der Waals surface area contributed by atoms with Gasteiger partial charge in [0.2, 0.25) is 11.6 Å². The molecule has 0 radical (unpaired) electrons. The lowest BCUT2D eigenvalue weighted by Gasteiger charge is -2.04. The molecule has 0 fully saturated rings. The average Bonchev–Trinajstić information content (AvgIpc) is 3.21. The van der Waals surface area contributed by atoms with Crippen LogP contribution in [0.3, 0.4) is 0 Å². The van der Waals surface area contributed by atoms with Crippen molar-refractivity contribution in [1.82, 2.24) is 0 Å². The summed E-state index contributed by atoms with van der Waals surface area (Å²) in [6, 6.07) is 2.28. The monoisotopic (exact) mass is 452 g/mol. The summed E-state index contributed by atoms with van der Waals surface area (Å²) in [5.74, 6) is -22.0. The van der Waals surface area contributed by atoms with E-state index in [-0.39, 0.29) is 11.5 Å². The topological polar surface area (TPSA) is 13.1 Å². The summed E-state index contributed by atoms with van der Waals surface area (Å²) in [4.78, 5) is 0. The van der Waals surface area contributed by atoms with Crippen LogP contribution in [-0.4, -0.2) is 0 Å². The molecule has 1 nitrogen and oxygen atoms in total. The van der Waals surface area contributed by atoms with Crippen LogP contribution in [0.25, 0.3) is 24.3 Å². The predicted molar refractivity (Wildman–Crippen MR) is 89.0 cm³/mol. The zero-order chi connectivity index (χ0) is 23.0. The van der Waals surface area contributed by atoms with Gasteiger partial charge in [0, 0.05) is 0 Å². The highest BCUT2D eigenvalue weighted by Crippen LogP contribution is 2.26. The zero-order valence-electron chi connectivity index (χ0n) is 14.7. The quantitative estimate of drug-likeness (QED) is 0.236. The smallest absolute Gasteiger partial charge is 0.200 e. The lowest BCUT2D eigenvalue weighted by atomic mass is 10.1. The van der Waals surface area contributed by atoms with Gasteiger partial charge in [-0.25, -0.2) is 43.9 Å². The van der Waals surface area contributed by atoms with Crippen LogP contribution >= 0.6 is 0 Å². The number of furan rings is 1. The molecule has 0 aliphatic carbocycles. The van der Waals surface area contributed by atoms with Gasteiger partial charge in [0.25, 0.3) is 0 Å². The summed E-state index contributed by atoms with van der Waals surface area (Å²) in [7, 11) is 0. The molecule has 0 saturated carbocycles. The Kier molecular flexibility index (Phi) is 5.96. The summed E-state index contributed by atoms with van der Waals surface area (Å²) in [6.07, 6.45) is 2.72. The van der Waals surface area contributed by atoms with Gasteiger partial charge in [0.1, 0.15) is 11.5 Å². The highest BCUT2D eigenvalue weighted by molar-refractivity contribution is 5.71. The van der Waals surface area contributed by atoms with E-state index in [9.17, 15) is 43.9 Å². The minimum atomic E-state index is -2.33. The molecule has 0 bridgehead atoms. The van der Waals surface area contributed by atoms with Crippen LogP contribution in [0.15, 0.2) is 16.5 Å². The first kappa shape index (κ1) is 22.2. The first-order chi connectivity index (χ1) is 14.5. The van der Waals surface area contributed by atoms with Crippen LogP contribution in [0.2, 0.25) is 0 Å². The molecule has 0 amide bonds. The molecule has 1 aromatic heterocycles. The molecule has 2 aromatic carbocycles. The number of halogens is 10. The Bertz CT molecular complexity index is 1090. The van der Waals surface area contributed by atoms with E-state index in [2.05, 4.69) is 0 Å². The van der Waals surface area contributed by atoms with Gasteiger partial charge in [-0.3, -0.25) is 0 Å². The Morgan fingerprint density at radius 3 is 0.935 bits per heavy atom. The minimum Gasteiger partial charge on any atom is -0.457 e. The third-order valence-corrected chi connectivity index (χ3v) is 3.96. The molecule has 0 unspecified atom stereocenters. The maximum Gasteiger partial charge on any atom is 0.200 e. The van der Waals surface area contributed by atoms with Gasteiger partial charge >= 0.3 is 0 Å². The van der Waals surface area contributed by atoms with E-state index in [1.165, 1.54) is 0 Å². The maximum absolute atomic E-state index is 13.6. The van der Waals surface area contributed by atoms with Crippen LogP contribution in [-0.2, 0) is 0 Å². The Balaban J connectivity index is 1.90. The van der Waals surface area contributed by atoms with E-state index in [1.807, 2.05) is 0 Å². The van der Waals surface area contributed by atoms with Crippen molar-refractivity contribution in [2.75, 3.05) is 0 Å². The SMILES string of the molecule is Fc1c(F)c(F)c(/C=C/c2ccc(/C=C/c3c(F)c(F)c(F)c(F)c3F)o2)c(F)c1F. The fraction of sp³-hybridized carbons (Fsp3) is 0. The van der Waals surface area contributed by atoms with E-state index in [0.717, 1.165) is 24.3 Å². The highest BCUT2D eigenvalue weighted by atomic mass is 19.2. The summed E-state index contributed by atoms with van der Waals surface area (Å²) < 4.78 is 138. The van der Waals surface area contributed by atoms with E-state index >= 15 is 0 Å². The molecule has 0 aliphatic heterocycles. The van der Waals surface area contributed by atoms with Crippen molar-refractivity contribution in [3.8, 4) is 0 Å². The number of rotatable bonds is 4. The number of benzene rings is 2. The van der Waals surface area contributed by atoms with Crippen LogP contribution in [0, 0.1) is 58.2 Å². The Morgan fingerprint density at radius 2 is 0.645 bits per heavy atom. The molecule has 1 heterocycles. The van der Waals surface area contributed by atoms with Crippen molar-refractivity contribution in [2.45, 2.75) is 0 Å². The molecule has 0 spiro atoms. The van der Waals surface area contributed by atoms with Gasteiger partial charge in [-0.2, -0.15) is 0 Å². The van der Waals surface area contributed by atoms with Gasteiger partial charge in [-0.1, -0.05) is 0 Å². The van der Waals surface area contributed by atoms with E-state index < -0.39 is 69.3 Å². The Labute approximate surface area is 166 Å². The van der Waals surface area contributed by atoms with Gasteiger partial charge < -0.3 is 4.42 Å². The first-order valence-electron chi connectivity index (χ1n) is 8.03. The fourth-order valence-electron chi connectivity index (χ4n) is 2.41. The fourth-order valence-corrected chi connectivity index (χ4v) is 2.41. The standard InChI is InChI=1S/C20H6F10O/c21-11-9(12(22)16(26)19(29)15(11)25)5-3-7-1-2-8(31-7)4-6-10-13(23)17(27)20(30)18(28)14(10)24/h1-6H/b5-3+,6-4+. The van der Waals surface area contributed by atoms with Crippen molar-refractivity contribution < 1.29 is 48.3 Å². The minimum absolute atomic E-state index is 0.194. The van der Waals surface area contributed by atoms with Crippen LogP contribution in [0.5, 0.6) is 0 Å². The Hall–Kier alpha value is -3.50. The second-order valence-electron chi connectivity index (χ2n) is 5.87. The molecule has 0 saturated heterocycles. The molecule has 0 atom stereocenters. The molecule has 0 N–H and O–H groups in total. The molecular formula is C20H6F10O. The van der Waals surface area contributed by atoms with E-state index in [1.54, 1.807) is 0 Å². The van der Waals surface area contributed by atoms with Gasteiger partial charge in [0.15, 0.2) is 46.5 Å². The van der Waals surface area contributed by atoms with Crippen molar-refractivity contribution in [2.24, 2.45) is 0 Å². The number of hydrogen-bond donors (Lipinski definition) is 0. The summed E-state index contributed by atoms with van der Waals surface area (Å²) in [6.45, 7) is 0. The van der Waals surface area contributed by atoms with E-state index in [4.69, 9.17) is 4.42 Å².